The lowest BCUT2D eigenvalue weighted by Gasteiger charge is -2.12. The molecule has 0 saturated carbocycles. The van der Waals surface area contributed by atoms with Gasteiger partial charge in [-0.3, -0.25) is 0 Å². The van der Waals surface area contributed by atoms with E-state index in [0.29, 0.717) is 16.9 Å². The van der Waals surface area contributed by atoms with Crippen molar-refractivity contribution in [1.82, 2.24) is 10.2 Å². The lowest BCUT2D eigenvalue weighted by atomic mass is 10.1. The minimum atomic E-state index is -0.618. The van der Waals surface area contributed by atoms with Gasteiger partial charge in [0.1, 0.15) is 12.4 Å². The summed E-state index contributed by atoms with van der Waals surface area (Å²) < 4.78 is 11.2. The monoisotopic (exact) mass is 362 g/mol. The van der Waals surface area contributed by atoms with Gasteiger partial charge in [0.25, 0.3) is 11.1 Å². The minimum absolute atomic E-state index is 0.224. The lowest BCUT2D eigenvalue weighted by Crippen LogP contribution is -2.20. The summed E-state index contributed by atoms with van der Waals surface area (Å²) in [6, 6.07) is 9.86. The van der Waals surface area contributed by atoms with Crippen molar-refractivity contribution in [1.29, 1.82) is 0 Å². The predicted molar refractivity (Wildman–Crippen MR) is 95.8 cm³/mol. The highest BCUT2D eigenvalue weighted by molar-refractivity contribution is 7.99. The molecule has 0 amide bonds. The van der Waals surface area contributed by atoms with Crippen molar-refractivity contribution in [2.24, 2.45) is 0 Å². The molecule has 0 aliphatic carbocycles. The summed E-state index contributed by atoms with van der Waals surface area (Å²) >= 11 is 2.87. The number of rotatable bonds is 7. The van der Waals surface area contributed by atoms with Crippen molar-refractivity contribution in [3.05, 3.63) is 46.8 Å². The number of aliphatic hydroxyl groups excluding tert-OH is 1. The first-order chi connectivity index (χ1) is 11.6. The Kier molecular flexibility index (Phi) is 5.55. The normalized spacial score (nSPS) is 12.3. The van der Waals surface area contributed by atoms with Gasteiger partial charge in [0.2, 0.25) is 0 Å². The maximum atomic E-state index is 10.1. The van der Waals surface area contributed by atoms with E-state index in [9.17, 15) is 5.11 Å². The van der Waals surface area contributed by atoms with Gasteiger partial charge in [-0.2, -0.15) is 0 Å². The lowest BCUT2D eigenvalue weighted by molar-refractivity contribution is 0.126. The summed E-state index contributed by atoms with van der Waals surface area (Å²) in [7, 11) is 0. The van der Waals surface area contributed by atoms with Crippen LogP contribution in [0.2, 0.25) is 0 Å². The Balaban J connectivity index is 1.48. The van der Waals surface area contributed by atoms with Crippen LogP contribution in [0.15, 0.2) is 45.4 Å². The largest absolute Gasteiger partial charge is 0.491 e. The number of hydrogen-bond acceptors (Lipinski definition) is 7. The van der Waals surface area contributed by atoms with E-state index < -0.39 is 6.10 Å². The molecule has 1 unspecified atom stereocenters. The van der Waals surface area contributed by atoms with E-state index in [4.69, 9.17) is 9.15 Å². The van der Waals surface area contributed by atoms with Crippen LogP contribution in [-0.4, -0.2) is 33.8 Å². The van der Waals surface area contributed by atoms with Gasteiger partial charge in [-0.15, -0.1) is 21.5 Å². The van der Waals surface area contributed by atoms with Gasteiger partial charge >= 0.3 is 0 Å². The predicted octanol–water partition coefficient (Wildman–Crippen LogP) is 3.95. The molecule has 5 nitrogen and oxygen atoms in total. The maximum Gasteiger partial charge on any atom is 0.276 e. The molecule has 2 aromatic heterocycles. The summed E-state index contributed by atoms with van der Waals surface area (Å²) in [6.07, 6.45) is -0.618. The first-order valence-corrected chi connectivity index (χ1v) is 9.36. The molecule has 126 valence electrons. The number of benzene rings is 1. The van der Waals surface area contributed by atoms with Gasteiger partial charge < -0.3 is 14.3 Å². The molecule has 0 radical (unpaired) electrons. The van der Waals surface area contributed by atoms with Crippen LogP contribution in [0.1, 0.15) is 11.1 Å². The number of ether oxygens (including phenoxy) is 1. The Hall–Kier alpha value is -1.83. The van der Waals surface area contributed by atoms with E-state index in [2.05, 4.69) is 16.3 Å². The number of aryl methyl sites for hydroxylation is 2. The molecule has 1 atom stereocenters. The van der Waals surface area contributed by atoms with Gasteiger partial charge in [-0.05, 0) is 48.6 Å². The van der Waals surface area contributed by atoms with Crippen molar-refractivity contribution in [3.8, 4) is 16.5 Å². The molecule has 24 heavy (non-hydrogen) atoms. The standard InChI is InChI=1S/C17H18N2O3S2/c1-11-6-12(2)8-14(7-11)21-9-13(20)10-24-17-19-18-16(22-17)15-4-3-5-23-15/h3-8,13,20H,9-10H2,1-2H3. The summed E-state index contributed by atoms with van der Waals surface area (Å²) in [5, 5.41) is 20.5. The van der Waals surface area contributed by atoms with Crippen LogP contribution in [0.25, 0.3) is 10.8 Å². The second kappa shape index (κ2) is 7.83. The van der Waals surface area contributed by atoms with E-state index in [1.807, 2.05) is 43.5 Å². The van der Waals surface area contributed by atoms with Crippen LogP contribution in [0.3, 0.4) is 0 Å². The topological polar surface area (TPSA) is 68.4 Å². The van der Waals surface area contributed by atoms with Crippen LogP contribution >= 0.6 is 23.1 Å². The van der Waals surface area contributed by atoms with Crippen LogP contribution < -0.4 is 4.74 Å². The van der Waals surface area contributed by atoms with Crippen molar-refractivity contribution in [2.45, 2.75) is 25.2 Å². The van der Waals surface area contributed by atoms with Gasteiger partial charge in [0.15, 0.2) is 0 Å². The summed E-state index contributed by atoms with van der Waals surface area (Å²) in [4.78, 5) is 0.938. The molecule has 1 aromatic carbocycles. The van der Waals surface area contributed by atoms with E-state index in [0.717, 1.165) is 21.8 Å². The van der Waals surface area contributed by atoms with Crippen LogP contribution in [0, 0.1) is 13.8 Å². The summed E-state index contributed by atoms with van der Waals surface area (Å²) in [5.74, 6) is 1.71. The molecule has 3 rings (SSSR count). The number of nitrogens with zero attached hydrogens (tertiary/aromatic N) is 2. The first kappa shape index (κ1) is 17.0. The van der Waals surface area contributed by atoms with Crippen molar-refractivity contribution in [3.63, 3.8) is 0 Å². The number of thioether (sulfide) groups is 1. The highest BCUT2D eigenvalue weighted by Crippen LogP contribution is 2.26. The zero-order chi connectivity index (χ0) is 16.9. The molecule has 0 saturated heterocycles. The van der Waals surface area contributed by atoms with E-state index >= 15 is 0 Å². The average Bonchev–Trinajstić information content (AvgIpc) is 3.20. The molecular formula is C17H18N2O3S2. The fourth-order valence-corrected chi connectivity index (χ4v) is 3.50. The Morgan fingerprint density at radius 2 is 2.04 bits per heavy atom. The number of hydrogen-bond donors (Lipinski definition) is 1. The zero-order valence-corrected chi connectivity index (χ0v) is 15.1. The van der Waals surface area contributed by atoms with Crippen molar-refractivity contribution < 1.29 is 14.3 Å². The Morgan fingerprint density at radius 1 is 1.25 bits per heavy atom. The Morgan fingerprint density at radius 3 is 2.75 bits per heavy atom. The highest BCUT2D eigenvalue weighted by Gasteiger charge is 2.13. The minimum Gasteiger partial charge on any atom is -0.491 e. The molecular weight excluding hydrogens is 344 g/mol. The van der Waals surface area contributed by atoms with E-state index in [-0.39, 0.29) is 6.61 Å². The second-order valence-corrected chi connectivity index (χ2v) is 7.37. The van der Waals surface area contributed by atoms with Crippen LogP contribution in [-0.2, 0) is 0 Å². The third-order valence-corrected chi connectivity index (χ3v) is 5.00. The molecule has 0 spiro atoms. The third kappa shape index (κ3) is 4.59. The summed E-state index contributed by atoms with van der Waals surface area (Å²) in [6.45, 7) is 4.27. The molecule has 2 heterocycles. The fraction of sp³-hybridized carbons (Fsp3) is 0.294. The van der Waals surface area contributed by atoms with Gasteiger partial charge in [0, 0.05) is 5.75 Å². The quantitative estimate of drug-likeness (QED) is 0.642. The molecule has 0 fully saturated rings. The molecule has 7 heteroatoms. The van der Waals surface area contributed by atoms with E-state index in [1.54, 1.807) is 11.3 Å². The third-order valence-electron chi connectivity index (χ3n) is 3.18. The van der Waals surface area contributed by atoms with Crippen molar-refractivity contribution in [2.75, 3.05) is 12.4 Å². The number of aliphatic hydroxyl groups is 1. The molecule has 1 N–H and O–H groups in total. The SMILES string of the molecule is Cc1cc(C)cc(OCC(O)CSc2nnc(-c3cccs3)o2)c1. The fourth-order valence-electron chi connectivity index (χ4n) is 2.19. The van der Waals surface area contributed by atoms with Gasteiger partial charge in [-0.1, -0.05) is 23.9 Å². The summed E-state index contributed by atoms with van der Waals surface area (Å²) in [5.41, 5.74) is 2.28. The van der Waals surface area contributed by atoms with Crippen LogP contribution in [0.4, 0.5) is 0 Å². The Labute approximate surface area is 148 Å². The van der Waals surface area contributed by atoms with E-state index in [1.165, 1.54) is 11.8 Å². The molecule has 0 aliphatic rings. The smallest absolute Gasteiger partial charge is 0.276 e. The van der Waals surface area contributed by atoms with Gasteiger partial charge in [0.05, 0.1) is 11.0 Å². The average molecular weight is 362 g/mol. The van der Waals surface area contributed by atoms with Crippen LogP contribution in [0.5, 0.6) is 5.75 Å². The molecule has 0 aliphatic heterocycles. The Bertz CT molecular complexity index is 767. The first-order valence-electron chi connectivity index (χ1n) is 7.49. The highest BCUT2D eigenvalue weighted by atomic mass is 32.2. The number of thiophene rings is 1. The zero-order valence-electron chi connectivity index (χ0n) is 13.4. The van der Waals surface area contributed by atoms with Crippen molar-refractivity contribution >= 4 is 23.1 Å². The van der Waals surface area contributed by atoms with Gasteiger partial charge in [-0.25, -0.2) is 0 Å². The number of aromatic nitrogens is 2. The second-order valence-electron chi connectivity index (χ2n) is 5.45. The molecule has 0 bridgehead atoms. The maximum absolute atomic E-state index is 10.1. The molecule has 3 aromatic rings.